The number of amides is 2. The lowest BCUT2D eigenvalue weighted by Gasteiger charge is -2.39. The van der Waals surface area contributed by atoms with Crippen LogP contribution in [-0.4, -0.2) is 109 Å². The van der Waals surface area contributed by atoms with E-state index in [0.717, 1.165) is 18.1 Å². The maximum Gasteiger partial charge on any atom is 0.410 e. The van der Waals surface area contributed by atoms with Gasteiger partial charge >= 0.3 is 12.2 Å². The summed E-state index contributed by atoms with van der Waals surface area (Å²) in [6.45, 7) is 14.5. The van der Waals surface area contributed by atoms with Crippen LogP contribution in [0.3, 0.4) is 0 Å². The van der Waals surface area contributed by atoms with Crippen LogP contribution in [0.15, 0.2) is 56.6 Å². The lowest BCUT2D eigenvalue weighted by molar-refractivity contribution is -0.00344. The van der Waals surface area contributed by atoms with Crippen molar-refractivity contribution in [1.29, 1.82) is 0 Å². The quantitative estimate of drug-likeness (QED) is 0.183. The zero-order chi connectivity index (χ0) is 39.6. The van der Waals surface area contributed by atoms with Gasteiger partial charge in [0, 0.05) is 80.8 Å². The molecule has 6 rings (SSSR count). The van der Waals surface area contributed by atoms with Gasteiger partial charge in [-0.3, -0.25) is 18.7 Å². The normalized spacial score (nSPS) is 15.3. The molecule has 0 bridgehead atoms. The molecule has 4 aromatic heterocycles. The molecule has 0 radical (unpaired) electrons. The molecule has 2 aliphatic rings. The maximum absolute atomic E-state index is 12.3. The molecule has 0 aromatic carbocycles. The van der Waals surface area contributed by atoms with E-state index in [-0.39, 0.29) is 34.4 Å². The van der Waals surface area contributed by atoms with Crippen LogP contribution in [0.5, 0.6) is 0 Å². The number of ether oxygens (including phenoxy) is 2. The minimum Gasteiger partial charge on any atom is -0.444 e. The van der Waals surface area contributed by atoms with Crippen LogP contribution in [0.1, 0.15) is 54.4 Å². The van der Waals surface area contributed by atoms with Crippen LogP contribution in [0, 0.1) is 11.8 Å². The molecule has 0 atom stereocenters. The molecule has 6 heterocycles. The Morgan fingerprint density at radius 3 is 1.57 bits per heavy atom. The Bertz CT molecular complexity index is 2250. The fraction of sp³-hybridized carbons (Fsp3) is 0.556. The van der Waals surface area contributed by atoms with Crippen molar-refractivity contribution in [3.05, 3.63) is 57.4 Å². The van der Waals surface area contributed by atoms with Gasteiger partial charge in [-0.25, -0.2) is 33.0 Å². The molecule has 4 aromatic rings. The van der Waals surface area contributed by atoms with E-state index in [0.29, 0.717) is 73.4 Å². The highest BCUT2D eigenvalue weighted by atomic mass is 32.2. The van der Waals surface area contributed by atoms with E-state index < -0.39 is 21.0 Å². The van der Waals surface area contributed by atoms with Gasteiger partial charge < -0.3 is 19.3 Å². The van der Waals surface area contributed by atoms with Crippen molar-refractivity contribution in [2.24, 2.45) is 11.8 Å². The SMILES string of the molecule is CC(C)(C)OC(=O)N1CC(CCn2c(=O)ccc3cnc(S(C)(=O)=O)nc32)C1.CSc1ncc2ccc(=O)n(CCC3CN(C(=O)OC(C)(C)C)C3)c2n1. The van der Waals surface area contributed by atoms with Gasteiger partial charge in [0.15, 0.2) is 5.16 Å². The van der Waals surface area contributed by atoms with Crippen molar-refractivity contribution in [1.82, 2.24) is 38.9 Å². The zero-order valence-corrected chi connectivity index (χ0v) is 33.6. The number of thioether (sulfide) groups is 1. The highest BCUT2D eigenvalue weighted by Gasteiger charge is 2.34. The molecule has 16 nitrogen and oxygen atoms in total. The van der Waals surface area contributed by atoms with Crippen molar-refractivity contribution in [2.75, 3.05) is 38.7 Å². The zero-order valence-electron chi connectivity index (χ0n) is 31.9. The van der Waals surface area contributed by atoms with Crippen LogP contribution in [0.25, 0.3) is 22.1 Å². The van der Waals surface area contributed by atoms with Crippen LogP contribution in [0.2, 0.25) is 0 Å². The van der Waals surface area contributed by atoms with Gasteiger partial charge in [-0.1, -0.05) is 11.8 Å². The molecule has 0 saturated carbocycles. The van der Waals surface area contributed by atoms with Gasteiger partial charge in [0.1, 0.15) is 22.5 Å². The summed E-state index contributed by atoms with van der Waals surface area (Å²) < 4.78 is 37.3. The van der Waals surface area contributed by atoms with Crippen LogP contribution in [0.4, 0.5) is 9.59 Å². The Kier molecular flexibility index (Phi) is 12.1. The average Bonchev–Trinajstić information content (AvgIpc) is 3.02. The number of carbonyl (C=O) groups is 2. The average molecular weight is 785 g/mol. The van der Waals surface area contributed by atoms with Crippen molar-refractivity contribution in [3.63, 3.8) is 0 Å². The summed E-state index contributed by atoms with van der Waals surface area (Å²) in [6.07, 6.45) is 6.96. The summed E-state index contributed by atoms with van der Waals surface area (Å²) in [5, 5.41) is 1.79. The number of nitrogens with zero attached hydrogens (tertiary/aromatic N) is 8. The molecule has 0 aliphatic carbocycles. The summed E-state index contributed by atoms with van der Waals surface area (Å²) in [7, 11) is -3.58. The number of carbonyl (C=O) groups excluding carboxylic acids is 2. The third kappa shape index (κ3) is 10.3. The Morgan fingerprint density at radius 2 is 1.17 bits per heavy atom. The van der Waals surface area contributed by atoms with E-state index in [1.807, 2.05) is 47.8 Å². The lowest BCUT2D eigenvalue weighted by atomic mass is 9.97. The Hall–Kier alpha value is -4.58. The molecular weight excluding hydrogens is 737 g/mol. The second kappa shape index (κ2) is 16.0. The van der Waals surface area contributed by atoms with Crippen LogP contribution >= 0.6 is 11.8 Å². The Balaban J connectivity index is 0.000000208. The van der Waals surface area contributed by atoms with Crippen molar-refractivity contribution >= 4 is 55.9 Å². The van der Waals surface area contributed by atoms with Crippen LogP contribution in [-0.2, 0) is 32.4 Å². The maximum atomic E-state index is 12.3. The Labute approximate surface area is 318 Å². The van der Waals surface area contributed by atoms with E-state index in [1.165, 1.54) is 28.6 Å². The van der Waals surface area contributed by atoms with Crippen molar-refractivity contribution in [2.45, 2.75) is 89.0 Å². The Morgan fingerprint density at radius 1 is 0.741 bits per heavy atom. The van der Waals surface area contributed by atoms with E-state index in [1.54, 1.807) is 38.8 Å². The number of aryl methyl sites for hydroxylation is 2. The summed E-state index contributed by atoms with van der Waals surface area (Å²) in [4.78, 5) is 68.6. The second-order valence-electron chi connectivity index (χ2n) is 15.6. The highest BCUT2D eigenvalue weighted by Crippen LogP contribution is 2.25. The number of aromatic nitrogens is 6. The molecule has 0 unspecified atom stereocenters. The van der Waals surface area contributed by atoms with E-state index >= 15 is 0 Å². The van der Waals surface area contributed by atoms with E-state index in [4.69, 9.17) is 9.47 Å². The number of rotatable bonds is 8. The van der Waals surface area contributed by atoms with Gasteiger partial charge in [-0.05, 0) is 84.6 Å². The standard InChI is InChI=1S/C18H24N4O5S.C18H24N4O3S/c1-18(2,3)27-17(24)21-10-12(11-21)7-8-22-14(23)6-5-13-9-19-16(20-15(13)22)28(4,25)26;1-18(2,3)25-17(24)21-10-12(11-21)7-8-22-14(23)6-5-13-9-19-16(26-4)20-15(13)22/h5-6,9,12H,7-8,10-11H2,1-4H3;5-6,9,12H,7-8,10-11H2,1-4H3. The predicted octanol–water partition coefficient (Wildman–Crippen LogP) is 4.22. The molecule has 2 amide bonds. The number of likely N-dealkylation sites (tertiary alicyclic amines) is 2. The summed E-state index contributed by atoms with van der Waals surface area (Å²) in [5.74, 6) is 0.609. The summed E-state index contributed by atoms with van der Waals surface area (Å²) in [6, 6.07) is 6.30. The predicted molar refractivity (Wildman–Crippen MR) is 204 cm³/mol. The topological polar surface area (TPSA) is 189 Å². The van der Waals surface area contributed by atoms with Gasteiger partial charge in [0.2, 0.25) is 15.0 Å². The molecule has 54 heavy (non-hydrogen) atoms. The number of pyridine rings is 2. The summed E-state index contributed by atoms with van der Waals surface area (Å²) in [5.41, 5.74) is -0.366. The number of fused-ring (bicyclic) bond motifs is 2. The molecule has 0 N–H and O–H groups in total. The summed E-state index contributed by atoms with van der Waals surface area (Å²) >= 11 is 1.45. The smallest absolute Gasteiger partial charge is 0.410 e. The third-order valence-corrected chi connectivity index (χ3v) is 10.1. The number of hydrogen-bond donors (Lipinski definition) is 0. The molecular formula is C36H48N8O8S2. The van der Waals surface area contributed by atoms with Gasteiger partial charge in [-0.2, -0.15) is 4.98 Å². The first-order chi connectivity index (χ1) is 25.2. The first-order valence-corrected chi connectivity index (χ1v) is 20.8. The minimum atomic E-state index is -3.58. The number of hydrogen-bond acceptors (Lipinski definition) is 13. The van der Waals surface area contributed by atoms with Gasteiger partial charge in [-0.15, -0.1) is 0 Å². The van der Waals surface area contributed by atoms with Crippen molar-refractivity contribution in [3.8, 4) is 0 Å². The monoisotopic (exact) mass is 784 g/mol. The first-order valence-electron chi connectivity index (χ1n) is 17.6. The fourth-order valence-corrected chi connectivity index (χ4v) is 6.73. The molecule has 292 valence electrons. The second-order valence-corrected chi connectivity index (χ2v) is 18.2. The minimum absolute atomic E-state index is 0.0634. The third-order valence-electron chi connectivity index (χ3n) is 8.66. The molecule has 0 spiro atoms. The molecule has 2 fully saturated rings. The first kappa shape index (κ1) is 40.6. The largest absolute Gasteiger partial charge is 0.444 e. The fourth-order valence-electron chi connectivity index (χ4n) is 5.90. The molecule has 2 aliphatic heterocycles. The van der Waals surface area contributed by atoms with E-state index in [2.05, 4.69) is 19.9 Å². The molecule has 18 heteroatoms. The van der Waals surface area contributed by atoms with Crippen LogP contribution < -0.4 is 11.1 Å². The van der Waals surface area contributed by atoms with Gasteiger partial charge in [0.05, 0.1) is 0 Å². The van der Waals surface area contributed by atoms with E-state index in [9.17, 15) is 27.6 Å². The van der Waals surface area contributed by atoms with Gasteiger partial charge in [0.25, 0.3) is 11.1 Å². The highest BCUT2D eigenvalue weighted by molar-refractivity contribution is 7.98. The molecule has 2 saturated heterocycles. The van der Waals surface area contributed by atoms with Crippen molar-refractivity contribution < 1.29 is 27.5 Å². The lowest BCUT2D eigenvalue weighted by Crippen LogP contribution is -2.51. The number of sulfone groups is 1.